The van der Waals surface area contributed by atoms with Gasteiger partial charge in [0.1, 0.15) is 0 Å². The summed E-state index contributed by atoms with van der Waals surface area (Å²) >= 11 is 6.12. The second-order valence-corrected chi connectivity index (χ2v) is 7.05. The molecule has 0 aliphatic heterocycles. The van der Waals surface area contributed by atoms with Crippen LogP contribution in [0.5, 0.6) is 0 Å². The Morgan fingerprint density at radius 1 is 1.00 bits per heavy atom. The number of hydrogen-bond acceptors (Lipinski definition) is 2. The second-order valence-electron chi connectivity index (χ2n) is 4.90. The first-order valence-electron chi connectivity index (χ1n) is 7.02. The first-order chi connectivity index (χ1) is 10.1. The number of rotatable bonds is 7. The SMILES string of the molecule is [NH3+]CCCCCNS(=O)(=O)c1cccc2c(Cl)cccc12. The molecule has 0 bridgehead atoms. The third kappa shape index (κ3) is 3.95. The van der Waals surface area contributed by atoms with Crippen molar-refractivity contribution in [2.24, 2.45) is 0 Å². The largest absolute Gasteiger partial charge is 0.358 e. The molecular weight excluding hydrogens is 308 g/mol. The van der Waals surface area contributed by atoms with Crippen molar-refractivity contribution < 1.29 is 14.2 Å². The molecule has 0 atom stereocenters. The third-order valence-electron chi connectivity index (χ3n) is 3.34. The smallest absolute Gasteiger partial charge is 0.241 e. The Morgan fingerprint density at radius 3 is 2.48 bits per heavy atom. The van der Waals surface area contributed by atoms with E-state index in [9.17, 15) is 8.42 Å². The number of benzene rings is 2. The maximum Gasteiger partial charge on any atom is 0.241 e. The molecule has 0 heterocycles. The molecule has 4 nitrogen and oxygen atoms in total. The minimum absolute atomic E-state index is 0.277. The van der Waals surface area contributed by atoms with Gasteiger partial charge in [0, 0.05) is 22.3 Å². The molecule has 0 unspecified atom stereocenters. The Hall–Kier alpha value is -1.14. The molecule has 0 spiro atoms. The molecule has 2 aromatic carbocycles. The van der Waals surface area contributed by atoms with E-state index in [1.165, 1.54) is 0 Å². The lowest BCUT2D eigenvalue weighted by atomic mass is 10.1. The summed E-state index contributed by atoms with van der Waals surface area (Å²) in [4.78, 5) is 0.277. The Labute approximate surface area is 130 Å². The van der Waals surface area contributed by atoms with Crippen molar-refractivity contribution in [3.63, 3.8) is 0 Å². The average molecular weight is 328 g/mol. The summed E-state index contributed by atoms with van der Waals surface area (Å²) in [5, 5.41) is 1.95. The zero-order valence-corrected chi connectivity index (χ0v) is 13.4. The standard InChI is InChI=1S/C15H19ClN2O2S/c16-14-8-4-7-13-12(14)6-5-9-15(13)21(19,20)18-11-3-1-2-10-17/h4-9,18H,1-3,10-11,17H2/p+1. The van der Waals surface area contributed by atoms with E-state index in [-0.39, 0.29) is 4.90 Å². The minimum Gasteiger partial charge on any atom is -0.358 e. The van der Waals surface area contributed by atoms with Crippen LogP contribution in [0.15, 0.2) is 41.3 Å². The molecule has 0 aromatic heterocycles. The molecule has 0 amide bonds. The van der Waals surface area contributed by atoms with Crippen molar-refractivity contribution in [2.75, 3.05) is 13.1 Å². The second kappa shape index (κ2) is 7.22. The highest BCUT2D eigenvalue weighted by atomic mass is 35.5. The van der Waals surface area contributed by atoms with Crippen LogP contribution in [0, 0.1) is 0 Å². The molecule has 0 radical (unpaired) electrons. The molecule has 2 aromatic rings. The number of fused-ring (bicyclic) bond motifs is 1. The lowest BCUT2D eigenvalue weighted by molar-refractivity contribution is -0.368. The van der Waals surface area contributed by atoms with Crippen LogP contribution in [-0.4, -0.2) is 21.5 Å². The van der Waals surface area contributed by atoms with E-state index in [0.29, 0.717) is 17.0 Å². The fourth-order valence-electron chi connectivity index (χ4n) is 2.24. The molecule has 0 saturated carbocycles. The molecule has 114 valence electrons. The number of unbranched alkanes of at least 4 members (excludes halogenated alkanes) is 2. The Morgan fingerprint density at radius 2 is 1.71 bits per heavy atom. The van der Waals surface area contributed by atoms with Gasteiger partial charge in [-0.15, -0.1) is 0 Å². The van der Waals surface area contributed by atoms with Crippen molar-refractivity contribution in [2.45, 2.75) is 24.2 Å². The highest BCUT2D eigenvalue weighted by molar-refractivity contribution is 7.89. The first-order valence-corrected chi connectivity index (χ1v) is 8.88. The summed E-state index contributed by atoms with van der Waals surface area (Å²) < 4.78 is 27.5. The zero-order valence-electron chi connectivity index (χ0n) is 11.8. The number of quaternary nitrogens is 1. The van der Waals surface area contributed by atoms with Gasteiger partial charge in [-0.1, -0.05) is 35.9 Å². The van der Waals surface area contributed by atoms with Crippen LogP contribution in [0.2, 0.25) is 5.02 Å². The minimum atomic E-state index is -3.52. The molecule has 21 heavy (non-hydrogen) atoms. The van der Waals surface area contributed by atoms with Gasteiger partial charge < -0.3 is 5.73 Å². The summed E-state index contributed by atoms with van der Waals surface area (Å²) in [5.41, 5.74) is 3.77. The fraction of sp³-hybridized carbons (Fsp3) is 0.333. The highest BCUT2D eigenvalue weighted by Crippen LogP contribution is 2.28. The Kier molecular flexibility index (Phi) is 5.58. The van der Waals surface area contributed by atoms with E-state index >= 15 is 0 Å². The highest BCUT2D eigenvalue weighted by Gasteiger charge is 2.17. The predicted octanol–water partition coefficient (Wildman–Crippen LogP) is 2.18. The first kappa shape index (κ1) is 16.2. The molecule has 2 rings (SSSR count). The molecule has 0 aliphatic rings. The van der Waals surface area contributed by atoms with Crippen LogP contribution in [0.1, 0.15) is 19.3 Å². The Bertz CT molecular complexity index is 717. The topological polar surface area (TPSA) is 73.8 Å². The maximum atomic E-state index is 12.4. The van der Waals surface area contributed by atoms with E-state index in [2.05, 4.69) is 10.5 Å². The quantitative estimate of drug-likeness (QED) is 0.765. The maximum absolute atomic E-state index is 12.4. The summed E-state index contributed by atoms with van der Waals surface area (Å²) in [6, 6.07) is 10.4. The zero-order chi connectivity index (χ0) is 15.3. The summed E-state index contributed by atoms with van der Waals surface area (Å²) in [5.74, 6) is 0. The van der Waals surface area contributed by atoms with E-state index < -0.39 is 10.0 Å². The van der Waals surface area contributed by atoms with Gasteiger partial charge in [0.05, 0.1) is 11.4 Å². The number of halogens is 1. The van der Waals surface area contributed by atoms with Gasteiger partial charge in [0.2, 0.25) is 10.0 Å². The summed E-state index contributed by atoms with van der Waals surface area (Å²) in [7, 11) is -3.52. The number of sulfonamides is 1. The van der Waals surface area contributed by atoms with Crippen LogP contribution < -0.4 is 10.5 Å². The predicted molar refractivity (Wildman–Crippen MR) is 85.8 cm³/mol. The molecule has 4 N–H and O–H groups in total. The van der Waals surface area contributed by atoms with Gasteiger partial charge >= 0.3 is 0 Å². The van der Waals surface area contributed by atoms with E-state index in [0.717, 1.165) is 31.2 Å². The molecule has 0 fully saturated rings. The van der Waals surface area contributed by atoms with Crippen molar-refractivity contribution in [1.82, 2.24) is 4.72 Å². The number of nitrogens with one attached hydrogen (secondary N) is 1. The van der Waals surface area contributed by atoms with Crippen LogP contribution in [0.4, 0.5) is 0 Å². The monoisotopic (exact) mass is 327 g/mol. The van der Waals surface area contributed by atoms with Gasteiger partial charge in [0.25, 0.3) is 0 Å². The molecule has 6 heteroatoms. The molecular formula is C15H20ClN2O2S+. The van der Waals surface area contributed by atoms with Gasteiger partial charge in [-0.05, 0) is 31.4 Å². The van der Waals surface area contributed by atoms with Gasteiger partial charge in [-0.3, -0.25) is 0 Å². The lowest BCUT2D eigenvalue weighted by Gasteiger charge is -2.10. The van der Waals surface area contributed by atoms with E-state index in [4.69, 9.17) is 11.6 Å². The Balaban J connectivity index is 2.22. The lowest BCUT2D eigenvalue weighted by Crippen LogP contribution is -2.50. The molecule has 0 aliphatic carbocycles. The van der Waals surface area contributed by atoms with Crippen molar-refractivity contribution >= 4 is 32.4 Å². The average Bonchev–Trinajstić information content (AvgIpc) is 2.47. The fourth-order valence-corrected chi connectivity index (χ4v) is 3.77. The number of hydrogen-bond donors (Lipinski definition) is 2. The van der Waals surface area contributed by atoms with Crippen molar-refractivity contribution in [1.29, 1.82) is 0 Å². The van der Waals surface area contributed by atoms with E-state index in [1.807, 2.05) is 6.07 Å². The van der Waals surface area contributed by atoms with Gasteiger partial charge in [-0.25, -0.2) is 13.1 Å². The van der Waals surface area contributed by atoms with Crippen LogP contribution in [0.25, 0.3) is 10.8 Å². The van der Waals surface area contributed by atoms with Crippen molar-refractivity contribution in [3.05, 3.63) is 41.4 Å². The van der Waals surface area contributed by atoms with Crippen LogP contribution >= 0.6 is 11.6 Å². The van der Waals surface area contributed by atoms with Crippen molar-refractivity contribution in [3.8, 4) is 0 Å². The third-order valence-corrected chi connectivity index (χ3v) is 5.19. The summed E-state index contributed by atoms with van der Waals surface area (Å²) in [6.07, 6.45) is 2.82. The normalized spacial score (nSPS) is 11.9. The van der Waals surface area contributed by atoms with Gasteiger partial charge in [-0.2, -0.15) is 0 Å². The van der Waals surface area contributed by atoms with E-state index in [1.54, 1.807) is 30.3 Å². The summed E-state index contributed by atoms with van der Waals surface area (Å²) in [6.45, 7) is 1.33. The van der Waals surface area contributed by atoms with Gasteiger partial charge in [0.15, 0.2) is 0 Å². The van der Waals surface area contributed by atoms with Crippen LogP contribution in [0.3, 0.4) is 0 Å². The van der Waals surface area contributed by atoms with Crippen LogP contribution in [-0.2, 0) is 10.0 Å². The molecule has 0 saturated heterocycles.